The number of para-hydroxylation sites is 6. The van der Waals surface area contributed by atoms with Crippen LogP contribution in [0.5, 0.6) is 0 Å². The van der Waals surface area contributed by atoms with Gasteiger partial charge in [0, 0.05) is 89.4 Å². The molecule has 2 aromatic heterocycles. The van der Waals surface area contributed by atoms with Crippen molar-refractivity contribution >= 4 is 118 Å². The second-order valence-corrected chi connectivity index (χ2v) is 28.2. The number of anilines is 9. The molecule has 0 fully saturated rings. The van der Waals surface area contributed by atoms with Gasteiger partial charge in [-0.2, -0.15) is 5.26 Å². The van der Waals surface area contributed by atoms with Crippen molar-refractivity contribution in [1.82, 2.24) is 9.13 Å². The minimum atomic E-state index is -0.546. The van der Waals surface area contributed by atoms with Crippen molar-refractivity contribution < 1.29 is 11.0 Å². The maximum Gasteiger partial charge on any atom is 0.252 e. The van der Waals surface area contributed by atoms with Crippen molar-refractivity contribution in [3.05, 3.63) is 338 Å². The van der Waals surface area contributed by atoms with Gasteiger partial charge in [-0.1, -0.05) is 248 Å². The third-order valence-corrected chi connectivity index (χ3v) is 20.3. The maximum atomic E-state index is 11.7. The van der Waals surface area contributed by atoms with Crippen molar-refractivity contribution in [2.24, 2.45) is 0 Å². The zero-order valence-electron chi connectivity index (χ0n) is 64.2. The molecule has 0 unspecified atom stereocenters. The fraction of sp³-hybridized carbons (Fsp3) is 0.0860. The topological polar surface area (TPSA) is 43.4 Å². The van der Waals surface area contributed by atoms with Crippen LogP contribution in [-0.2, 0) is 10.8 Å². The minimum Gasteiger partial charge on any atom is -0.311 e. The van der Waals surface area contributed by atoms with Gasteiger partial charge in [-0.3, -0.25) is 0 Å². The lowest BCUT2D eigenvalue weighted by molar-refractivity contribution is 0.590. The lowest BCUT2D eigenvalue weighted by atomic mass is 9.33. The summed E-state index contributed by atoms with van der Waals surface area (Å²) < 4.78 is 78.8. The number of hydrogen-bond acceptors (Lipinski definition) is 4. The molecule has 0 N–H and O–H groups in total. The standard InChI is InChI=1S/C93H71BN6/c1-92(2,3)65-42-47-67(48-43-65)96(68-49-44-66(45-50-68)93(4,5)6)70-51-53-79-87(58-70)99(81-35-19-13-29-72(81)61-25-9-7-10-26-61)89-55-64(78-57-69(46-41-63(78)60-95)97-83-37-21-15-31-74(83)75-32-16-22-38-84(75)97)56-90-91(89)94(79)80-54-52-71(98-85-39-23-17-33-76(85)77-34-18-24-40-86(77)98)59-88(80)100(90)82-36-20-14-30-73(82)62-27-11-8-12-28-62/h7-59H,1-6H3/i17D,18D,23D,24D,33D,34D,39D,40D. The van der Waals surface area contributed by atoms with Gasteiger partial charge in [-0.05, 0) is 170 Å². The van der Waals surface area contributed by atoms with Crippen LogP contribution < -0.4 is 31.1 Å². The van der Waals surface area contributed by atoms with E-state index in [0.717, 1.165) is 117 Å². The molecule has 7 heteroatoms. The quantitative estimate of drug-likeness (QED) is 0.128. The number of nitrogens with zero attached hydrogens (tertiary/aromatic N) is 6. The number of benzene rings is 14. The largest absolute Gasteiger partial charge is 0.311 e. The van der Waals surface area contributed by atoms with E-state index in [1.54, 1.807) is 4.57 Å². The van der Waals surface area contributed by atoms with Crippen LogP contribution in [0.15, 0.2) is 321 Å². The fourth-order valence-electron chi connectivity index (χ4n) is 15.5. The van der Waals surface area contributed by atoms with Crippen molar-refractivity contribution in [1.29, 1.82) is 5.26 Å². The monoisotopic (exact) mass is 1290 g/mol. The van der Waals surface area contributed by atoms with E-state index < -0.39 is 55.1 Å². The average molecular weight is 1290 g/mol. The molecule has 0 saturated heterocycles. The Morgan fingerprint density at radius 1 is 0.350 bits per heavy atom. The second kappa shape index (κ2) is 23.4. The molecule has 0 aliphatic carbocycles. The van der Waals surface area contributed by atoms with Gasteiger partial charge >= 0.3 is 0 Å². The highest BCUT2D eigenvalue weighted by Crippen LogP contribution is 2.52. The molecule has 0 atom stereocenters. The second-order valence-electron chi connectivity index (χ2n) is 28.2. The smallest absolute Gasteiger partial charge is 0.252 e. The fourth-order valence-corrected chi connectivity index (χ4v) is 15.5. The number of rotatable bonds is 10. The molecule has 18 rings (SSSR count). The van der Waals surface area contributed by atoms with Crippen LogP contribution in [0, 0.1) is 11.3 Å². The van der Waals surface area contributed by atoms with E-state index in [2.05, 4.69) is 279 Å². The van der Waals surface area contributed by atoms with Crippen LogP contribution >= 0.6 is 0 Å². The molecule has 100 heavy (non-hydrogen) atoms. The van der Waals surface area contributed by atoms with E-state index >= 15 is 0 Å². The van der Waals surface area contributed by atoms with Gasteiger partial charge in [-0.15, -0.1) is 0 Å². The molecule has 476 valence electrons. The Hall–Kier alpha value is -12.4. The zero-order chi connectivity index (χ0) is 74.5. The van der Waals surface area contributed by atoms with E-state index in [-0.39, 0.29) is 32.6 Å². The van der Waals surface area contributed by atoms with Crippen LogP contribution in [0.1, 0.15) is 69.2 Å². The predicted octanol–water partition coefficient (Wildman–Crippen LogP) is 22.9. The molecule has 0 spiro atoms. The first kappa shape index (κ1) is 51.8. The van der Waals surface area contributed by atoms with Gasteiger partial charge in [-0.25, -0.2) is 0 Å². The minimum absolute atomic E-state index is 0.0136. The number of hydrogen-bond donors (Lipinski definition) is 0. The summed E-state index contributed by atoms with van der Waals surface area (Å²) in [5.41, 5.74) is 21.9. The SMILES string of the molecule is [2H]c1c([2H])c([2H])c2c(c1[2H])c1c([2H])c([2H])c([2H])c([2H])c1n2-c1ccc2c(c1)N(c1ccccc1-c1ccccc1)c1cc(-c3cc(-n4c5ccccc5c5ccccc54)ccc3C#N)cc3c1B2c1ccc(N(c2ccc(C(C)(C)C)cc2)c2ccc(C(C)(C)C)cc2)cc1N3c1ccccc1-c1ccccc1. The summed E-state index contributed by atoms with van der Waals surface area (Å²) >= 11 is 0. The molecule has 0 radical (unpaired) electrons. The van der Waals surface area contributed by atoms with E-state index in [1.807, 2.05) is 60.7 Å². The van der Waals surface area contributed by atoms with Crippen LogP contribution in [0.3, 0.4) is 0 Å². The van der Waals surface area contributed by atoms with E-state index in [0.29, 0.717) is 22.5 Å². The summed E-state index contributed by atoms with van der Waals surface area (Å²) in [6.45, 7) is 12.9. The van der Waals surface area contributed by atoms with Crippen molar-refractivity contribution in [3.8, 4) is 50.8 Å². The maximum absolute atomic E-state index is 11.7. The van der Waals surface area contributed by atoms with E-state index in [4.69, 9.17) is 2.74 Å². The third kappa shape index (κ3) is 9.76. The predicted molar refractivity (Wildman–Crippen MR) is 422 cm³/mol. The zero-order valence-corrected chi connectivity index (χ0v) is 56.2. The Morgan fingerprint density at radius 3 is 1.30 bits per heavy atom. The number of nitriles is 1. The summed E-state index contributed by atoms with van der Waals surface area (Å²) in [6, 6.07) is 94.9. The van der Waals surface area contributed by atoms with Gasteiger partial charge in [0.2, 0.25) is 0 Å². The van der Waals surface area contributed by atoms with E-state index in [9.17, 15) is 13.5 Å². The molecule has 6 nitrogen and oxygen atoms in total. The summed E-state index contributed by atoms with van der Waals surface area (Å²) in [4.78, 5) is 7.08. The molecule has 2 aliphatic rings. The van der Waals surface area contributed by atoms with Crippen LogP contribution in [0.4, 0.5) is 51.2 Å². The molecule has 2 aliphatic heterocycles. The summed E-state index contributed by atoms with van der Waals surface area (Å²) in [5, 5.41) is 13.9. The average Bonchev–Trinajstić information content (AvgIpc) is 0.932. The van der Waals surface area contributed by atoms with Gasteiger partial charge < -0.3 is 23.8 Å². The Bertz CT molecular complexity index is 6280. The third-order valence-electron chi connectivity index (χ3n) is 20.3. The highest BCUT2D eigenvalue weighted by atomic mass is 15.2. The van der Waals surface area contributed by atoms with E-state index in [1.165, 1.54) is 11.1 Å². The lowest BCUT2D eigenvalue weighted by Gasteiger charge is -2.45. The Morgan fingerprint density at radius 2 is 0.780 bits per heavy atom. The van der Waals surface area contributed by atoms with Gasteiger partial charge in [0.1, 0.15) is 0 Å². The van der Waals surface area contributed by atoms with Crippen molar-refractivity contribution in [2.45, 2.75) is 52.4 Å². The number of fused-ring (bicyclic) bond motifs is 10. The molecular weight excluding hydrogens is 1210 g/mol. The summed E-state index contributed by atoms with van der Waals surface area (Å²) in [7, 11) is 0. The highest BCUT2D eigenvalue weighted by Gasteiger charge is 2.45. The van der Waals surface area contributed by atoms with Crippen LogP contribution in [0.2, 0.25) is 0 Å². The molecule has 14 aromatic carbocycles. The molecule has 0 amide bonds. The molecule has 16 aromatic rings. The first-order chi connectivity index (χ1) is 52.2. The highest BCUT2D eigenvalue weighted by molar-refractivity contribution is 7.00. The molecule has 0 saturated carbocycles. The molecule has 0 bridgehead atoms. The van der Waals surface area contributed by atoms with Crippen LogP contribution in [-0.4, -0.2) is 15.8 Å². The first-order valence-corrected chi connectivity index (χ1v) is 34.1. The van der Waals surface area contributed by atoms with Crippen molar-refractivity contribution in [3.63, 3.8) is 0 Å². The lowest BCUT2D eigenvalue weighted by Crippen LogP contribution is -2.61. The number of aromatic nitrogens is 2. The van der Waals surface area contributed by atoms with Gasteiger partial charge in [0.05, 0.1) is 56.0 Å². The first-order valence-electron chi connectivity index (χ1n) is 38.1. The molecular formula is C93H71BN6. The summed E-state index contributed by atoms with van der Waals surface area (Å²) in [6.07, 6.45) is 0. The normalized spacial score (nSPS) is 13.8. The summed E-state index contributed by atoms with van der Waals surface area (Å²) in [5.74, 6) is 0. The Balaban J connectivity index is 0.997. The Labute approximate surface area is 596 Å². The van der Waals surface area contributed by atoms with Crippen molar-refractivity contribution in [2.75, 3.05) is 14.7 Å². The Kier molecular flexibility index (Phi) is 12.2. The van der Waals surface area contributed by atoms with Gasteiger partial charge in [0.25, 0.3) is 6.71 Å². The molecule has 4 heterocycles. The van der Waals surface area contributed by atoms with Crippen LogP contribution in [0.25, 0.3) is 88.4 Å². The van der Waals surface area contributed by atoms with Gasteiger partial charge in [0.15, 0.2) is 0 Å².